The zero-order chi connectivity index (χ0) is 20.9. The van der Waals surface area contributed by atoms with E-state index in [4.69, 9.17) is 11.6 Å². The minimum Gasteiger partial charge on any atom is -0.487 e. The van der Waals surface area contributed by atoms with Gasteiger partial charge in [0.05, 0.1) is 6.54 Å². The van der Waals surface area contributed by atoms with Crippen LogP contribution in [0, 0.1) is 0 Å². The van der Waals surface area contributed by atoms with Crippen LogP contribution in [-0.2, 0) is 6.54 Å². The van der Waals surface area contributed by atoms with Gasteiger partial charge in [0.25, 0.3) is 0 Å². The number of benzene rings is 1. The van der Waals surface area contributed by atoms with Crippen LogP contribution in [0.1, 0.15) is 4.88 Å². The summed E-state index contributed by atoms with van der Waals surface area (Å²) in [5, 5.41) is 2.81. The predicted octanol–water partition coefficient (Wildman–Crippen LogP) is 5.63. The number of nitrogens with one attached hydrogen (secondary N) is 1. The SMILES string of the molecule is FC(F)C(F)(F)COc1cc(NCc2cnc(Cl)s2)cc(OCC(F)(F)F)c1. The van der Waals surface area contributed by atoms with Gasteiger partial charge in [-0.3, -0.25) is 0 Å². The van der Waals surface area contributed by atoms with Crippen LogP contribution < -0.4 is 14.8 Å². The molecule has 2 rings (SSSR count). The summed E-state index contributed by atoms with van der Waals surface area (Å²) in [6.45, 7) is -3.12. The van der Waals surface area contributed by atoms with Crippen LogP contribution in [0.25, 0.3) is 0 Å². The Hall–Kier alpha value is -1.95. The molecule has 0 radical (unpaired) electrons. The lowest BCUT2D eigenvalue weighted by atomic mass is 10.2. The summed E-state index contributed by atoms with van der Waals surface area (Å²) in [6, 6.07) is 3.22. The number of halogens is 8. The quantitative estimate of drug-likeness (QED) is 0.501. The summed E-state index contributed by atoms with van der Waals surface area (Å²) in [6.07, 6.45) is -7.12. The van der Waals surface area contributed by atoms with E-state index in [9.17, 15) is 30.7 Å². The normalized spacial score (nSPS) is 12.3. The fourth-order valence-electron chi connectivity index (χ4n) is 1.80. The van der Waals surface area contributed by atoms with E-state index in [-0.39, 0.29) is 28.2 Å². The molecule has 0 amide bonds. The molecule has 1 aromatic carbocycles. The zero-order valence-corrected chi connectivity index (χ0v) is 15.3. The Bertz CT molecular complexity index is 786. The standard InChI is InChI=1S/C15H12ClF7N2O2S/c16-13-25-5-11(28-13)4-24-8-1-9(26-6-14(19,20)12(17)18)3-10(2-8)27-7-15(21,22)23/h1-3,5,12,24H,4,6-7H2. The number of hydrogen-bond donors (Lipinski definition) is 1. The van der Waals surface area contributed by atoms with Crippen molar-refractivity contribution in [3.63, 3.8) is 0 Å². The molecule has 0 aliphatic carbocycles. The second kappa shape index (κ2) is 9.03. The Balaban J connectivity index is 2.14. The van der Waals surface area contributed by atoms with Crippen molar-refractivity contribution < 1.29 is 40.2 Å². The van der Waals surface area contributed by atoms with E-state index in [1.54, 1.807) is 0 Å². The number of thiazole rings is 1. The van der Waals surface area contributed by atoms with Crippen LogP contribution >= 0.6 is 22.9 Å². The van der Waals surface area contributed by atoms with Gasteiger partial charge in [-0.25, -0.2) is 13.8 Å². The number of ether oxygens (including phenoxy) is 2. The van der Waals surface area contributed by atoms with Crippen LogP contribution in [0.4, 0.5) is 36.4 Å². The third-order valence-electron chi connectivity index (χ3n) is 3.03. The van der Waals surface area contributed by atoms with E-state index < -0.39 is 31.7 Å². The van der Waals surface area contributed by atoms with Crippen LogP contribution in [0.5, 0.6) is 11.5 Å². The van der Waals surface area contributed by atoms with Crippen molar-refractivity contribution in [3.8, 4) is 11.5 Å². The molecule has 0 bridgehead atoms. The van der Waals surface area contributed by atoms with Crippen molar-refractivity contribution in [1.82, 2.24) is 4.98 Å². The molecule has 1 heterocycles. The molecule has 0 unspecified atom stereocenters. The second-order valence-corrected chi connectivity index (χ2v) is 7.08. The first-order valence-corrected chi connectivity index (χ1v) is 8.61. The van der Waals surface area contributed by atoms with Gasteiger partial charge < -0.3 is 14.8 Å². The summed E-state index contributed by atoms with van der Waals surface area (Å²) in [5.74, 6) is -5.14. The van der Waals surface area contributed by atoms with E-state index >= 15 is 0 Å². The van der Waals surface area contributed by atoms with Gasteiger partial charge in [-0.15, -0.1) is 11.3 Å². The first-order valence-electron chi connectivity index (χ1n) is 7.42. The highest BCUT2D eigenvalue weighted by atomic mass is 35.5. The lowest BCUT2D eigenvalue weighted by molar-refractivity contribution is -0.153. The maximum absolute atomic E-state index is 13.0. The van der Waals surface area contributed by atoms with Crippen LogP contribution in [0.2, 0.25) is 4.47 Å². The van der Waals surface area contributed by atoms with Gasteiger partial charge in [-0.2, -0.15) is 22.0 Å². The van der Waals surface area contributed by atoms with Gasteiger partial charge in [0.2, 0.25) is 0 Å². The lowest BCUT2D eigenvalue weighted by Crippen LogP contribution is -2.33. The first-order chi connectivity index (χ1) is 12.9. The molecule has 4 nitrogen and oxygen atoms in total. The highest BCUT2D eigenvalue weighted by molar-refractivity contribution is 7.15. The summed E-state index contributed by atoms with van der Waals surface area (Å²) in [4.78, 5) is 4.49. The monoisotopic (exact) mass is 452 g/mol. The molecule has 13 heteroatoms. The summed E-state index contributed by atoms with van der Waals surface area (Å²) >= 11 is 6.83. The van der Waals surface area contributed by atoms with Gasteiger partial charge >= 0.3 is 18.5 Å². The topological polar surface area (TPSA) is 43.4 Å². The maximum Gasteiger partial charge on any atom is 0.422 e. The molecule has 0 aliphatic rings. The Kier molecular flexibility index (Phi) is 7.21. The minimum atomic E-state index is -4.63. The molecular weight excluding hydrogens is 441 g/mol. The molecule has 28 heavy (non-hydrogen) atoms. The molecule has 1 N–H and O–H groups in total. The number of rotatable bonds is 9. The second-order valence-electron chi connectivity index (χ2n) is 5.38. The number of nitrogens with zero attached hydrogens (tertiary/aromatic N) is 1. The van der Waals surface area contributed by atoms with Crippen LogP contribution in [-0.4, -0.2) is 36.7 Å². The molecule has 2 aromatic rings. The van der Waals surface area contributed by atoms with E-state index in [0.717, 1.165) is 23.5 Å². The molecule has 0 saturated carbocycles. The summed E-state index contributed by atoms with van der Waals surface area (Å²) in [5.41, 5.74) is 0.152. The Morgan fingerprint density at radius 3 is 2.14 bits per heavy atom. The fraction of sp³-hybridized carbons (Fsp3) is 0.400. The Morgan fingerprint density at radius 1 is 1.04 bits per heavy atom. The molecule has 0 atom stereocenters. The molecule has 0 saturated heterocycles. The van der Waals surface area contributed by atoms with Crippen molar-refractivity contribution in [2.24, 2.45) is 0 Å². The predicted molar refractivity (Wildman–Crippen MR) is 88.9 cm³/mol. The van der Waals surface area contributed by atoms with Gasteiger partial charge in [-0.1, -0.05) is 11.6 Å². The van der Waals surface area contributed by atoms with Gasteiger partial charge in [-0.05, 0) is 0 Å². The number of hydrogen-bond acceptors (Lipinski definition) is 5. The van der Waals surface area contributed by atoms with Gasteiger partial charge in [0, 0.05) is 35.0 Å². The first kappa shape index (κ1) is 22.3. The molecule has 1 aromatic heterocycles. The van der Waals surface area contributed by atoms with Crippen molar-refractivity contribution in [2.45, 2.75) is 25.1 Å². The molecule has 0 spiro atoms. The number of aromatic nitrogens is 1. The average Bonchev–Trinajstić information content (AvgIpc) is 3.01. The third-order valence-corrected chi connectivity index (χ3v) is 4.14. The van der Waals surface area contributed by atoms with Gasteiger partial charge in [0.15, 0.2) is 17.7 Å². The van der Waals surface area contributed by atoms with Crippen LogP contribution in [0.15, 0.2) is 24.4 Å². The van der Waals surface area contributed by atoms with E-state index in [2.05, 4.69) is 19.8 Å². The van der Waals surface area contributed by atoms with Crippen molar-refractivity contribution in [1.29, 1.82) is 0 Å². The highest BCUT2D eigenvalue weighted by Gasteiger charge is 2.41. The largest absolute Gasteiger partial charge is 0.487 e. The number of anilines is 1. The van der Waals surface area contributed by atoms with Crippen molar-refractivity contribution >= 4 is 28.6 Å². The van der Waals surface area contributed by atoms with Crippen molar-refractivity contribution in [3.05, 3.63) is 33.7 Å². The minimum absolute atomic E-state index is 0.152. The van der Waals surface area contributed by atoms with E-state index in [1.807, 2.05) is 0 Å². The molecular formula is C15H12ClF7N2O2S. The summed E-state index contributed by atoms with van der Waals surface area (Å²) in [7, 11) is 0. The van der Waals surface area contributed by atoms with E-state index in [0.29, 0.717) is 4.88 Å². The fourth-order valence-corrected chi connectivity index (χ4v) is 2.72. The molecule has 156 valence electrons. The highest BCUT2D eigenvalue weighted by Crippen LogP contribution is 2.31. The average molecular weight is 453 g/mol. The maximum atomic E-state index is 13.0. The number of alkyl halides is 7. The molecule has 0 aliphatic heterocycles. The summed E-state index contributed by atoms with van der Waals surface area (Å²) < 4.78 is 97.0. The molecule has 0 fully saturated rings. The lowest BCUT2D eigenvalue weighted by Gasteiger charge is -2.18. The third kappa shape index (κ3) is 7.23. The smallest absolute Gasteiger partial charge is 0.422 e. The van der Waals surface area contributed by atoms with Crippen molar-refractivity contribution in [2.75, 3.05) is 18.5 Å². The Labute approximate surface area is 163 Å². The van der Waals surface area contributed by atoms with Crippen LogP contribution in [0.3, 0.4) is 0 Å². The van der Waals surface area contributed by atoms with Gasteiger partial charge in [0.1, 0.15) is 11.5 Å². The van der Waals surface area contributed by atoms with E-state index in [1.165, 1.54) is 12.3 Å². The zero-order valence-electron chi connectivity index (χ0n) is 13.7. The Morgan fingerprint density at radius 2 is 1.64 bits per heavy atom.